The first-order chi connectivity index (χ1) is 12.8. The van der Waals surface area contributed by atoms with Gasteiger partial charge in [0.25, 0.3) is 5.91 Å². The van der Waals surface area contributed by atoms with Crippen molar-refractivity contribution in [3.63, 3.8) is 0 Å². The first-order valence-corrected chi connectivity index (χ1v) is 9.63. The number of aromatic nitrogens is 4. The number of nitrogens with zero attached hydrogens (tertiary/aromatic N) is 4. The van der Waals surface area contributed by atoms with Gasteiger partial charge in [0, 0.05) is 56.3 Å². The van der Waals surface area contributed by atoms with Gasteiger partial charge in [-0.05, 0) is 38.5 Å². The van der Waals surface area contributed by atoms with Crippen molar-refractivity contribution in [2.75, 3.05) is 26.8 Å². The normalized spacial score (nSPS) is 20.2. The van der Waals surface area contributed by atoms with Gasteiger partial charge in [-0.2, -0.15) is 5.10 Å². The van der Waals surface area contributed by atoms with Crippen LogP contribution in [0.4, 0.5) is 0 Å². The van der Waals surface area contributed by atoms with Crippen LogP contribution in [0.5, 0.6) is 0 Å². The molecule has 26 heavy (non-hydrogen) atoms. The van der Waals surface area contributed by atoms with Crippen molar-refractivity contribution >= 4 is 5.91 Å². The highest BCUT2D eigenvalue weighted by atomic mass is 16.5. The Morgan fingerprint density at radius 2 is 2.23 bits per heavy atom. The Morgan fingerprint density at radius 3 is 3.12 bits per heavy atom. The summed E-state index contributed by atoms with van der Waals surface area (Å²) in [6, 6.07) is 0. The van der Waals surface area contributed by atoms with Gasteiger partial charge in [0.1, 0.15) is 5.82 Å². The summed E-state index contributed by atoms with van der Waals surface area (Å²) in [4.78, 5) is 19.6. The number of rotatable bonds is 5. The summed E-state index contributed by atoms with van der Waals surface area (Å²) < 4.78 is 7.35. The zero-order chi connectivity index (χ0) is 17.9. The zero-order valence-corrected chi connectivity index (χ0v) is 15.4. The molecule has 140 valence electrons. The lowest BCUT2D eigenvalue weighted by molar-refractivity contribution is 0.0695. The molecule has 3 heterocycles. The smallest absolute Gasteiger partial charge is 0.274 e. The minimum absolute atomic E-state index is 0.0732. The quantitative estimate of drug-likeness (QED) is 0.890. The number of hydrogen-bond donors (Lipinski definition) is 1. The second-order valence-corrected chi connectivity index (χ2v) is 7.30. The van der Waals surface area contributed by atoms with Crippen LogP contribution < -0.4 is 0 Å². The number of aryl methyl sites for hydroxylation is 1. The van der Waals surface area contributed by atoms with Gasteiger partial charge in [-0.1, -0.05) is 0 Å². The third-order valence-electron chi connectivity index (χ3n) is 5.62. The number of amides is 1. The second kappa shape index (κ2) is 7.61. The van der Waals surface area contributed by atoms with Crippen LogP contribution in [0.2, 0.25) is 0 Å². The van der Waals surface area contributed by atoms with Crippen LogP contribution >= 0.6 is 0 Å². The Hall–Kier alpha value is -2.15. The number of carbonyl (C=O) groups excluding carboxylic acids is 1. The number of methoxy groups -OCH3 is 1. The fourth-order valence-corrected chi connectivity index (χ4v) is 4.24. The Balaban J connectivity index is 1.49. The van der Waals surface area contributed by atoms with E-state index in [0.29, 0.717) is 18.8 Å². The van der Waals surface area contributed by atoms with Crippen molar-refractivity contribution in [3.05, 3.63) is 35.2 Å². The molecule has 2 aromatic heterocycles. The number of ether oxygens (including phenoxy) is 1. The number of piperidine rings is 1. The first-order valence-electron chi connectivity index (χ1n) is 9.63. The number of hydrogen-bond acceptors (Lipinski definition) is 4. The fraction of sp³-hybridized carbons (Fsp3) is 0.632. The molecule has 2 aliphatic rings. The highest BCUT2D eigenvalue weighted by Crippen LogP contribution is 2.28. The van der Waals surface area contributed by atoms with E-state index in [-0.39, 0.29) is 11.8 Å². The number of carbonyl (C=O) groups is 1. The average molecular weight is 357 g/mol. The summed E-state index contributed by atoms with van der Waals surface area (Å²) in [5.74, 6) is 1.40. The molecule has 0 aromatic carbocycles. The van der Waals surface area contributed by atoms with Crippen molar-refractivity contribution in [1.82, 2.24) is 24.6 Å². The predicted octanol–water partition coefficient (Wildman–Crippen LogP) is 2.15. The third kappa shape index (κ3) is 3.28. The summed E-state index contributed by atoms with van der Waals surface area (Å²) in [5, 5.41) is 7.45. The third-order valence-corrected chi connectivity index (χ3v) is 5.62. The van der Waals surface area contributed by atoms with Crippen molar-refractivity contribution in [2.24, 2.45) is 0 Å². The van der Waals surface area contributed by atoms with E-state index in [1.807, 2.05) is 17.3 Å². The molecule has 0 radical (unpaired) electrons. The molecule has 7 heteroatoms. The summed E-state index contributed by atoms with van der Waals surface area (Å²) in [6.45, 7) is 2.97. The number of fused-ring (bicyclic) bond motifs is 1. The van der Waals surface area contributed by atoms with E-state index in [1.54, 1.807) is 7.11 Å². The second-order valence-electron chi connectivity index (χ2n) is 7.30. The SMILES string of the molecule is COCCn1ccnc1[C@@H]1CCCN(C(=O)c2n[nH]c3c2CCCC3)C1. The van der Waals surface area contributed by atoms with Crippen LogP contribution in [0, 0.1) is 0 Å². The van der Waals surface area contributed by atoms with Crippen molar-refractivity contribution < 1.29 is 9.53 Å². The van der Waals surface area contributed by atoms with Gasteiger partial charge in [-0.3, -0.25) is 9.89 Å². The number of H-pyrrole nitrogens is 1. The van der Waals surface area contributed by atoms with E-state index >= 15 is 0 Å². The van der Waals surface area contributed by atoms with Crippen LogP contribution in [0.25, 0.3) is 0 Å². The maximum Gasteiger partial charge on any atom is 0.274 e. The molecule has 1 aliphatic heterocycles. The minimum Gasteiger partial charge on any atom is -0.383 e. The van der Waals surface area contributed by atoms with Crippen LogP contribution in [0.15, 0.2) is 12.4 Å². The minimum atomic E-state index is 0.0732. The summed E-state index contributed by atoms with van der Waals surface area (Å²) >= 11 is 0. The highest BCUT2D eigenvalue weighted by Gasteiger charge is 2.31. The molecule has 1 amide bonds. The lowest BCUT2D eigenvalue weighted by atomic mass is 9.94. The van der Waals surface area contributed by atoms with Gasteiger partial charge in [-0.25, -0.2) is 4.98 Å². The molecule has 0 saturated carbocycles. The topological polar surface area (TPSA) is 76.0 Å². The Labute approximate surface area is 153 Å². The van der Waals surface area contributed by atoms with Crippen molar-refractivity contribution in [1.29, 1.82) is 0 Å². The van der Waals surface area contributed by atoms with Gasteiger partial charge in [0.15, 0.2) is 5.69 Å². The standard InChI is InChI=1S/C19H27N5O2/c1-26-12-11-23-10-8-20-18(23)14-5-4-9-24(13-14)19(25)17-15-6-2-3-7-16(15)21-22-17/h8,10,14H,2-7,9,11-13H2,1H3,(H,21,22)/t14-/m1/s1. The van der Waals surface area contributed by atoms with Crippen LogP contribution in [0.1, 0.15) is 59.2 Å². The van der Waals surface area contributed by atoms with E-state index in [4.69, 9.17) is 4.74 Å². The molecule has 0 spiro atoms. The number of imidazole rings is 1. The molecule has 2 aromatic rings. The van der Waals surface area contributed by atoms with E-state index in [0.717, 1.165) is 62.3 Å². The molecule has 7 nitrogen and oxygen atoms in total. The molecule has 1 saturated heterocycles. The first kappa shape index (κ1) is 17.3. The molecular weight excluding hydrogens is 330 g/mol. The molecule has 0 bridgehead atoms. The predicted molar refractivity (Wildman–Crippen MR) is 97.2 cm³/mol. The average Bonchev–Trinajstić information content (AvgIpc) is 3.33. The molecular formula is C19H27N5O2. The van der Waals surface area contributed by atoms with E-state index in [2.05, 4.69) is 19.7 Å². The molecule has 1 N–H and O–H groups in total. The maximum atomic E-state index is 13.1. The summed E-state index contributed by atoms with van der Waals surface area (Å²) in [5.41, 5.74) is 2.94. The van der Waals surface area contributed by atoms with E-state index < -0.39 is 0 Å². The van der Waals surface area contributed by atoms with Gasteiger partial charge in [0.05, 0.1) is 6.61 Å². The Morgan fingerprint density at radius 1 is 1.35 bits per heavy atom. The molecule has 0 unspecified atom stereocenters. The number of aromatic amines is 1. The largest absolute Gasteiger partial charge is 0.383 e. The van der Waals surface area contributed by atoms with E-state index in [1.165, 1.54) is 6.42 Å². The van der Waals surface area contributed by atoms with Gasteiger partial charge < -0.3 is 14.2 Å². The number of likely N-dealkylation sites (tertiary alicyclic amines) is 1. The zero-order valence-electron chi connectivity index (χ0n) is 15.4. The lowest BCUT2D eigenvalue weighted by Crippen LogP contribution is -2.40. The van der Waals surface area contributed by atoms with Crippen molar-refractivity contribution in [2.45, 2.75) is 51.0 Å². The summed E-state index contributed by atoms with van der Waals surface area (Å²) in [7, 11) is 1.71. The van der Waals surface area contributed by atoms with Crippen LogP contribution in [-0.4, -0.2) is 57.4 Å². The Kier molecular flexibility index (Phi) is 5.06. The number of nitrogens with one attached hydrogen (secondary N) is 1. The maximum absolute atomic E-state index is 13.1. The van der Waals surface area contributed by atoms with Gasteiger partial charge in [0.2, 0.25) is 0 Å². The summed E-state index contributed by atoms with van der Waals surface area (Å²) in [6.07, 6.45) is 10.2. The van der Waals surface area contributed by atoms with Gasteiger partial charge >= 0.3 is 0 Å². The Bertz CT molecular complexity index is 766. The van der Waals surface area contributed by atoms with Gasteiger partial charge in [-0.15, -0.1) is 0 Å². The monoisotopic (exact) mass is 357 g/mol. The molecule has 1 atom stereocenters. The molecule has 1 fully saturated rings. The lowest BCUT2D eigenvalue weighted by Gasteiger charge is -2.32. The van der Waals surface area contributed by atoms with E-state index in [9.17, 15) is 4.79 Å². The van der Waals surface area contributed by atoms with Crippen LogP contribution in [0.3, 0.4) is 0 Å². The molecule has 1 aliphatic carbocycles. The van der Waals surface area contributed by atoms with Crippen LogP contribution in [-0.2, 0) is 24.1 Å². The fourth-order valence-electron chi connectivity index (χ4n) is 4.24. The molecule has 4 rings (SSSR count). The van der Waals surface area contributed by atoms with Crippen molar-refractivity contribution in [3.8, 4) is 0 Å². The highest BCUT2D eigenvalue weighted by molar-refractivity contribution is 5.94.